The van der Waals surface area contributed by atoms with Gasteiger partial charge in [-0.25, -0.2) is 0 Å². The maximum atomic E-state index is 2.53. The van der Waals surface area contributed by atoms with Crippen molar-refractivity contribution in [1.82, 2.24) is 0 Å². The number of rotatable bonds is 10. The normalized spacial score (nSPS) is 24.8. The molecule has 6 aliphatic rings. The summed E-state index contributed by atoms with van der Waals surface area (Å²) in [5.74, 6) is 1.85. The molecule has 0 radical (unpaired) electrons. The van der Waals surface area contributed by atoms with E-state index in [-0.39, 0.29) is 5.41 Å². The minimum Gasteiger partial charge on any atom is -0.325 e. The van der Waals surface area contributed by atoms with E-state index in [1.54, 1.807) is 0 Å². The monoisotopic (exact) mass is 977 g/mol. The van der Waals surface area contributed by atoms with Crippen molar-refractivity contribution in [2.24, 2.45) is 11.8 Å². The summed E-state index contributed by atoms with van der Waals surface area (Å²) in [6, 6.07) is 82.5. The predicted molar refractivity (Wildman–Crippen MR) is 315 cm³/mol. The highest BCUT2D eigenvalue weighted by atomic mass is 15.4. The van der Waals surface area contributed by atoms with Crippen LogP contribution in [0.25, 0.3) is 66.8 Å². The molecule has 6 saturated heterocycles. The molecule has 3 atom stereocenters. The van der Waals surface area contributed by atoms with Crippen LogP contribution < -0.4 is 0 Å². The summed E-state index contributed by atoms with van der Waals surface area (Å²) in [5, 5.41) is 0. The Kier molecular flexibility index (Phi) is 12.0. The van der Waals surface area contributed by atoms with Crippen LogP contribution in [-0.4, -0.2) is 55.8 Å². The van der Waals surface area contributed by atoms with Crippen molar-refractivity contribution < 1.29 is 8.97 Å². The lowest BCUT2D eigenvalue weighted by Gasteiger charge is -2.57. The standard InChI is InChI=1S/C73H72N2/c1-50-6-10-53(11-7-50)55-14-18-57(19-15-55)59-22-26-63(27-23-59)71-64-38-44-75(5,45-39-64)72(71)65-28-24-61(25-29-65)66-46-52(3)47-67(48-66)62-32-36-69(37-33-62)73(49-74(4)42-40-70(73)41-43-74)68-34-30-60(31-35-68)58-20-16-56(17-21-58)54-12-8-51(2)9-13-54/h6-37,46-48,64,70-72H,38-45,49H2,1-5H3/q+2. The average molecular weight is 977 g/mol. The first-order chi connectivity index (χ1) is 36.5. The Labute approximate surface area is 447 Å². The van der Waals surface area contributed by atoms with Crippen molar-refractivity contribution >= 4 is 0 Å². The van der Waals surface area contributed by atoms with E-state index in [1.807, 2.05) is 0 Å². The van der Waals surface area contributed by atoms with E-state index in [9.17, 15) is 0 Å². The molecule has 2 heteroatoms. The Morgan fingerprint density at radius 3 is 1.05 bits per heavy atom. The van der Waals surface area contributed by atoms with Gasteiger partial charge in [0.25, 0.3) is 0 Å². The van der Waals surface area contributed by atoms with Crippen molar-refractivity contribution in [3.8, 4) is 66.8 Å². The molecule has 15 rings (SSSR count). The van der Waals surface area contributed by atoms with Crippen LogP contribution in [0.1, 0.15) is 76.6 Å². The molecule has 4 bridgehead atoms. The first-order valence-electron chi connectivity index (χ1n) is 28.1. The Hall–Kier alpha value is -7.10. The van der Waals surface area contributed by atoms with Crippen LogP contribution in [0.5, 0.6) is 0 Å². The van der Waals surface area contributed by atoms with Gasteiger partial charge in [0.05, 0.1) is 52.2 Å². The van der Waals surface area contributed by atoms with Gasteiger partial charge >= 0.3 is 0 Å². The smallest absolute Gasteiger partial charge is 0.122 e. The second-order valence-corrected chi connectivity index (χ2v) is 24.1. The number of quaternary nitrogens is 2. The predicted octanol–water partition coefficient (Wildman–Crippen LogP) is 17.5. The summed E-state index contributed by atoms with van der Waals surface area (Å²) < 4.78 is 2.28. The summed E-state index contributed by atoms with van der Waals surface area (Å²) in [7, 11) is 5.04. The van der Waals surface area contributed by atoms with Gasteiger partial charge in [-0.3, -0.25) is 0 Å². The van der Waals surface area contributed by atoms with Crippen molar-refractivity contribution in [3.63, 3.8) is 0 Å². The molecule has 75 heavy (non-hydrogen) atoms. The lowest BCUT2D eigenvalue weighted by molar-refractivity contribution is -0.957. The molecule has 6 aliphatic heterocycles. The largest absolute Gasteiger partial charge is 0.325 e. The minimum absolute atomic E-state index is 0.0114. The second kappa shape index (κ2) is 18.9. The molecule has 0 aromatic heterocycles. The van der Waals surface area contributed by atoms with E-state index >= 15 is 0 Å². The number of fused-ring (bicyclic) bond motifs is 6. The fourth-order valence-corrected chi connectivity index (χ4v) is 14.9. The van der Waals surface area contributed by atoms with Gasteiger partial charge in [-0.1, -0.05) is 217 Å². The Balaban J connectivity index is 0.751. The van der Waals surface area contributed by atoms with E-state index in [2.05, 4.69) is 247 Å². The molecular weight excluding hydrogens is 905 g/mol. The first-order valence-corrected chi connectivity index (χ1v) is 28.1. The van der Waals surface area contributed by atoms with Gasteiger partial charge in [-0.15, -0.1) is 0 Å². The molecule has 0 amide bonds. The van der Waals surface area contributed by atoms with E-state index in [0.29, 0.717) is 23.8 Å². The first kappa shape index (κ1) is 47.6. The molecule has 6 fully saturated rings. The third kappa shape index (κ3) is 8.80. The number of nitrogens with zero attached hydrogens (tertiary/aromatic N) is 2. The SMILES string of the molecule is Cc1ccc(-c2ccc(-c3ccc(C4C5CC[N+](C)(CC5)C4c4ccc(-c5cc(C)cc(-c6ccc(C7(c8ccc(-c9ccc(-c%10ccc(C)cc%10)cc9)cc8)C[N+]8(C)CCC7CC8)cc6)c5)cc4)cc3)cc2)cc1. The summed E-state index contributed by atoms with van der Waals surface area (Å²) >= 11 is 0. The van der Waals surface area contributed by atoms with Crippen molar-refractivity contribution in [2.45, 2.75) is 63.8 Å². The average Bonchev–Trinajstić information content (AvgIpc) is 3.50. The Morgan fingerprint density at radius 1 is 0.333 bits per heavy atom. The molecule has 2 nitrogen and oxygen atoms in total. The molecule has 372 valence electrons. The lowest BCUT2D eigenvalue weighted by atomic mass is 9.58. The number of aryl methyl sites for hydroxylation is 3. The van der Waals surface area contributed by atoms with Gasteiger partial charge in [0, 0.05) is 37.2 Å². The lowest BCUT2D eigenvalue weighted by Crippen LogP contribution is -2.66. The van der Waals surface area contributed by atoms with E-state index in [4.69, 9.17) is 0 Å². The summed E-state index contributed by atoms with van der Waals surface area (Å²) in [4.78, 5) is 0. The van der Waals surface area contributed by atoms with E-state index in [0.717, 1.165) is 15.5 Å². The van der Waals surface area contributed by atoms with Gasteiger partial charge in [0.15, 0.2) is 0 Å². The summed E-state index contributed by atoms with van der Waals surface area (Å²) in [6.45, 7) is 12.8. The molecule has 0 aliphatic carbocycles. The Bertz CT molecular complexity index is 3460. The van der Waals surface area contributed by atoms with Crippen LogP contribution in [0.15, 0.2) is 212 Å². The highest BCUT2D eigenvalue weighted by Gasteiger charge is 2.56. The van der Waals surface area contributed by atoms with Crippen molar-refractivity contribution in [2.75, 3.05) is 46.8 Å². The molecule has 6 heterocycles. The van der Waals surface area contributed by atoms with Gasteiger partial charge in [0.1, 0.15) is 6.04 Å². The van der Waals surface area contributed by atoms with Gasteiger partial charge < -0.3 is 8.97 Å². The Morgan fingerprint density at radius 2 is 0.667 bits per heavy atom. The zero-order valence-corrected chi connectivity index (χ0v) is 44.8. The third-order valence-corrected chi connectivity index (χ3v) is 19.2. The molecule has 9 aromatic rings. The zero-order valence-electron chi connectivity index (χ0n) is 44.8. The number of likely N-dealkylation sites (N-methyl/N-ethyl adjacent to an activating group) is 2. The van der Waals surface area contributed by atoms with Crippen LogP contribution >= 0.6 is 0 Å². The van der Waals surface area contributed by atoms with Gasteiger partial charge in [-0.05, 0) is 128 Å². The fraction of sp³-hybridized carbons (Fsp3) is 0.260. The molecule has 9 aromatic carbocycles. The number of piperidine rings is 6. The third-order valence-electron chi connectivity index (χ3n) is 19.2. The molecular formula is C73H72N2+2. The maximum absolute atomic E-state index is 2.53. The minimum atomic E-state index is -0.0114. The molecule has 0 N–H and O–H groups in total. The number of hydrogen-bond acceptors (Lipinski definition) is 0. The van der Waals surface area contributed by atoms with E-state index < -0.39 is 0 Å². The second-order valence-electron chi connectivity index (χ2n) is 24.1. The van der Waals surface area contributed by atoms with Crippen LogP contribution in [0.4, 0.5) is 0 Å². The molecule has 0 spiro atoms. The van der Waals surface area contributed by atoms with Crippen LogP contribution in [0.3, 0.4) is 0 Å². The number of benzene rings is 9. The van der Waals surface area contributed by atoms with E-state index in [1.165, 1.54) is 158 Å². The van der Waals surface area contributed by atoms with Crippen molar-refractivity contribution in [1.29, 1.82) is 0 Å². The van der Waals surface area contributed by atoms with Crippen LogP contribution in [0, 0.1) is 32.6 Å². The quantitative estimate of drug-likeness (QED) is 0.120. The molecule has 0 saturated carbocycles. The van der Waals surface area contributed by atoms with Crippen LogP contribution in [0.2, 0.25) is 0 Å². The zero-order chi connectivity index (χ0) is 50.9. The van der Waals surface area contributed by atoms with Gasteiger partial charge in [-0.2, -0.15) is 0 Å². The van der Waals surface area contributed by atoms with Crippen molar-refractivity contribution in [3.05, 3.63) is 251 Å². The van der Waals surface area contributed by atoms with Gasteiger partial charge in [0.2, 0.25) is 0 Å². The molecule has 3 unspecified atom stereocenters. The number of hydrogen-bond donors (Lipinski definition) is 0. The highest BCUT2D eigenvalue weighted by Crippen LogP contribution is 2.55. The highest BCUT2D eigenvalue weighted by molar-refractivity contribution is 5.76. The van der Waals surface area contributed by atoms with Crippen LogP contribution in [-0.2, 0) is 5.41 Å². The summed E-state index contributed by atoms with van der Waals surface area (Å²) in [5.41, 5.74) is 25.1. The fourth-order valence-electron chi connectivity index (χ4n) is 14.9. The maximum Gasteiger partial charge on any atom is 0.122 e. The summed E-state index contributed by atoms with van der Waals surface area (Å²) in [6.07, 6.45) is 5.17. The topological polar surface area (TPSA) is 0 Å².